The maximum atomic E-state index is 12.2. The third kappa shape index (κ3) is 2.76. The van der Waals surface area contributed by atoms with Gasteiger partial charge in [-0.3, -0.25) is 9.78 Å². The zero-order chi connectivity index (χ0) is 13.1. The molecule has 0 bridgehead atoms. The van der Waals surface area contributed by atoms with Gasteiger partial charge in [-0.1, -0.05) is 11.6 Å². The number of nitrogens with one attached hydrogen (secondary N) is 1. The minimum Gasteiger partial charge on any atom is -0.322 e. The molecule has 1 aromatic heterocycles. The summed E-state index contributed by atoms with van der Waals surface area (Å²) in [6.45, 7) is 3.87. The fourth-order valence-electron chi connectivity index (χ4n) is 1.62. The molecule has 0 aliphatic carbocycles. The van der Waals surface area contributed by atoms with Crippen LogP contribution in [-0.2, 0) is 0 Å². The fourth-order valence-corrected chi connectivity index (χ4v) is 2.04. The lowest BCUT2D eigenvalue weighted by Crippen LogP contribution is -2.13. The van der Waals surface area contributed by atoms with Gasteiger partial charge in [0.1, 0.15) is 0 Å². The van der Waals surface area contributed by atoms with Crippen LogP contribution in [0.2, 0.25) is 0 Å². The summed E-state index contributed by atoms with van der Waals surface area (Å²) in [6, 6.07) is 7.48. The number of aromatic nitrogens is 1. The number of hydrogen-bond donors (Lipinski definition) is 1. The topological polar surface area (TPSA) is 42.0 Å². The molecule has 0 fully saturated rings. The van der Waals surface area contributed by atoms with E-state index in [0.29, 0.717) is 5.56 Å². The number of carbonyl (C=O) groups is 1. The van der Waals surface area contributed by atoms with Crippen molar-refractivity contribution >= 4 is 27.5 Å². The Bertz CT molecular complexity index is 596. The molecule has 0 atom stereocenters. The van der Waals surface area contributed by atoms with E-state index in [2.05, 4.69) is 26.2 Å². The van der Waals surface area contributed by atoms with E-state index in [0.717, 1.165) is 21.3 Å². The molecule has 4 heteroatoms. The van der Waals surface area contributed by atoms with Crippen molar-refractivity contribution in [3.63, 3.8) is 0 Å². The van der Waals surface area contributed by atoms with E-state index in [1.165, 1.54) is 0 Å². The lowest BCUT2D eigenvalue weighted by atomic mass is 10.1. The molecular formula is C14H13BrN2O. The van der Waals surface area contributed by atoms with Crippen LogP contribution in [0.15, 0.2) is 41.1 Å². The van der Waals surface area contributed by atoms with Crippen molar-refractivity contribution in [3.05, 3.63) is 57.8 Å². The van der Waals surface area contributed by atoms with E-state index in [1.54, 1.807) is 18.5 Å². The second-order valence-corrected chi connectivity index (χ2v) is 4.98. The molecule has 0 unspecified atom stereocenters. The number of nitrogens with zero attached hydrogens (tertiary/aromatic N) is 1. The number of hydrogen-bond acceptors (Lipinski definition) is 2. The molecule has 0 aliphatic heterocycles. The van der Waals surface area contributed by atoms with Gasteiger partial charge in [0.05, 0.1) is 5.56 Å². The minimum atomic E-state index is -0.125. The highest BCUT2D eigenvalue weighted by atomic mass is 79.9. The molecule has 0 radical (unpaired) electrons. The number of pyridine rings is 1. The highest BCUT2D eigenvalue weighted by molar-refractivity contribution is 9.10. The van der Waals surface area contributed by atoms with Gasteiger partial charge in [0.25, 0.3) is 5.91 Å². The number of anilines is 1. The Morgan fingerprint density at radius 2 is 2.06 bits per heavy atom. The van der Waals surface area contributed by atoms with Crippen LogP contribution in [0, 0.1) is 13.8 Å². The first-order valence-electron chi connectivity index (χ1n) is 5.56. The SMILES string of the molecule is Cc1ccc(Br)c(C(=O)Nc2ccncc2C)c1. The predicted molar refractivity (Wildman–Crippen MR) is 75.8 cm³/mol. The van der Waals surface area contributed by atoms with E-state index in [4.69, 9.17) is 0 Å². The fraction of sp³-hybridized carbons (Fsp3) is 0.143. The molecule has 0 spiro atoms. The quantitative estimate of drug-likeness (QED) is 0.919. The molecule has 18 heavy (non-hydrogen) atoms. The minimum absolute atomic E-state index is 0.125. The molecule has 2 rings (SSSR count). The zero-order valence-corrected chi connectivity index (χ0v) is 11.8. The molecule has 0 aliphatic rings. The van der Waals surface area contributed by atoms with Gasteiger partial charge in [-0.15, -0.1) is 0 Å². The second-order valence-electron chi connectivity index (χ2n) is 4.13. The average Bonchev–Trinajstić information content (AvgIpc) is 2.35. The molecule has 1 amide bonds. The Morgan fingerprint density at radius 1 is 1.28 bits per heavy atom. The van der Waals surface area contributed by atoms with Crippen molar-refractivity contribution in [3.8, 4) is 0 Å². The molecule has 1 aromatic carbocycles. The van der Waals surface area contributed by atoms with Gasteiger partial charge < -0.3 is 5.32 Å². The summed E-state index contributed by atoms with van der Waals surface area (Å²) < 4.78 is 0.789. The van der Waals surface area contributed by atoms with Gasteiger partial charge >= 0.3 is 0 Å². The van der Waals surface area contributed by atoms with Crippen molar-refractivity contribution in [2.45, 2.75) is 13.8 Å². The predicted octanol–water partition coefficient (Wildman–Crippen LogP) is 3.71. The van der Waals surface area contributed by atoms with Crippen molar-refractivity contribution in [2.24, 2.45) is 0 Å². The van der Waals surface area contributed by atoms with Crippen LogP contribution in [0.1, 0.15) is 21.5 Å². The van der Waals surface area contributed by atoms with E-state index >= 15 is 0 Å². The molecule has 92 valence electrons. The molecule has 0 saturated heterocycles. The third-order valence-corrected chi connectivity index (χ3v) is 3.33. The highest BCUT2D eigenvalue weighted by Crippen LogP contribution is 2.20. The molecule has 1 N–H and O–H groups in total. The first kappa shape index (κ1) is 12.8. The highest BCUT2D eigenvalue weighted by Gasteiger charge is 2.11. The van der Waals surface area contributed by atoms with Crippen LogP contribution in [0.5, 0.6) is 0 Å². The van der Waals surface area contributed by atoms with Crippen molar-refractivity contribution in [2.75, 3.05) is 5.32 Å². The zero-order valence-electron chi connectivity index (χ0n) is 10.2. The van der Waals surface area contributed by atoms with Crippen LogP contribution in [0.4, 0.5) is 5.69 Å². The van der Waals surface area contributed by atoms with Crippen LogP contribution in [-0.4, -0.2) is 10.9 Å². The Morgan fingerprint density at radius 3 is 2.78 bits per heavy atom. The summed E-state index contributed by atoms with van der Waals surface area (Å²) in [4.78, 5) is 16.2. The van der Waals surface area contributed by atoms with Crippen molar-refractivity contribution in [1.29, 1.82) is 0 Å². The lowest BCUT2D eigenvalue weighted by molar-refractivity contribution is 0.102. The summed E-state index contributed by atoms with van der Waals surface area (Å²) in [5.74, 6) is -0.125. The number of benzene rings is 1. The monoisotopic (exact) mass is 304 g/mol. The van der Waals surface area contributed by atoms with Gasteiger partial charge in [-0.2, -0.15) is 0 Å². The van der Waals surface area contributed by atoms with E-state index in [1.807, 2.05) is 32.0 Å². The molecule has 2 aromatic rings. The summed E-state index contributed by atoms with van der Waals surface area (Å²) >= 11 is 3.39. The summed E-state index contributed by atoms with van der Waals surface area (Å²) in [5.41, 5.74) is 3.40. The van der Waals surface area contributed by atoms with E-state index < -0.39 is 0 Å². The molecular weight excluding hydrogens is 292 g/mol. The smallest absolute Gasteiger partial charge is 0.256 e. The molecule has 0 saturated carbocycles. The molecule has 1 heterocycles. The summed E-state index contributed by atoms with van der Waals surface area (Å²) in [6.07, 6.45) is 3.38. The maximum absolute atomic E-state index is 12.2. The van der Waals surface area contributed by atoms with Gasteiger partial charge in [-0.05, 0) is 53.5 Å². The standard InChI is InChI=1S/C14H13BrN2O/c1-9-3-4-12(15)11(7-9)14(18)17-13-5-6-16-8-10(13)2/h3-8H,1-2H3,(H,16,17,18). The van der Waals surface area contributed by atoms with Gasteiger partial charge in [0, 0.05) is 22.6 Å². The van der Waals surface area contributed by atoms with Crippen LogP contribution in [0.3, 0.4) is 0 Å². The Balaban J connectivity index is 2.28. The number of rotatable bonds is 2. The first-order chi connectivity index (χ1) is 8.58. The number of carbonyl (C=O) groups excluding carboxylic acids is 1. The van der Waals surface area contributed by atoms with Gasteiger partial charge in [-0.25, -0.2) is 0 Å². The molecule has 3 nitrogen and oxygen atoms in total. The van der Waals surface area contributed by atoms with Gasteiger partial charge in [0.15, 0.2) is 0 Å². The lowest BCUT2D eigenvalue weighted by Gasteiger charge is -2.09. The maximum Gasteiger partial charge on any atom is 0.256 e. The number of halogens is 1. The normalized spacial score (nSPS) is 10.2. The Kier molecular flexibility index (Phi) is 3.77. The average molecular weight is 305 g/mol. The van der Waals surface area contributed by atoms with E-state index in [9.17, 15) is 4.79 Å². The van der Waals surface area contributed by atoms with Crippen LogP contribution >= 0.6 is 15.9 Å². The van der Waals surface area contributed by atoms with E-state index in [-0.39, 0.29) is 5.91 Å². The summed E-state index contributed by atoms with van der Waals surface area (Å²) in [5, 5.41) is 2.89. The van der Waals surface area contributed by atoms with Crippen LogP contribution < -0.4 is 5.32 Å². The van der Waals surface area contributed by atoms with Gasteiger partial charge in [0.2, 0.25) is 0 Å². The van der Waals surface area contributed by atoms with Crippen molar-refractivity contribution < 1.29 is 4.79 Å². The van der Waals surface area contributed by atoms with Crippen LogP contribution in [0.25, 0.3) is 0 Å². The summed E-state index contributed by atoms with van der Waals surface area (Å²) in [7, 11) is 0. The third-order valence-electron chi connectivity index (χ3n) is 2.63. The first-order valence-corrected chi connectivity index (χ1v) is 6.35. The Hall–Kier alpha value is -1.68. The number of amides is 1. The number of aryl methyl sites for hydroxylation is 2. The van der Waals surface area contributed by atoms with Crippen molar-refractivity contribution in [1.82, 2.24) is 4.98 Å². The Labute approximate surface area is 114 Å². The largest absolute Gasteiger partial charge is 0.322 e. The second kappa shape index (κ2) is 5.31.